The van der Waals surface area contributed by atoms with Crippen LogP contribution in [0.1, 0.15) is 39.5 Å². The zero-order chi connectivity index (χ0) is 11.6. The molecule has 1 unspecified atom stereocenters. The van der Waals surface area contributed by atoms with Crippen molar-refractivity contribution in [3.8, 4) is 0 Å². The van der Waals surface area contributed by atoms with Gasteiger partial charge in [0.2, 0.25) is 0 Å². The maximum Gasteiger partial charge on any atom is 0.0266 e. The van der Waals surface area contributed by atoms with Crippen LogP contribution in [0, 0.1) is 5.41 Å². The first-order valence-electron chi connectivity index (χ1n) is 6.77. The Morgan fingerprint density at radius 2 is 1.75 bits per heavy atom. The largest absolute Gasteiger partial charge is 0.304 e. The molecule has 94 valence electrons. The van der Waals surface area contributed by atoms with Gasteiger partial charge in [-0.1, -0.05) is 26.7 Å². The van der Waals surface area contributed by atoms with Crippen molar-refractivity contribution in [1.29, 1.82) is 0 Å². The smallest absolute Gasteiger partial charge is 0.0266 e. The van der Waals surface area contributed by atoms with Crippen LogP contribution in [0.15, 0.2) is 0 Å². The number of piperazine rings is 1. The molecule has 0 spiro atoms. The average molecular weight is 225 g/mol. The second-order valence-electron chi connectivity index (χ2n) is 6.21. The third kappa shape index (κ3) is 2.96. The molecule has 1 aliphatic carbocycles. The number of hydrogen-bond acceptors (Lipinski definition) is 3. The number of rotatable bonds is 2. The van der Waals surface area contributed by atoms with E-state index in [2.05, 4.69) is 36.2 Å². The molecule has 2 rings (SSSR count). The molecule has 1 atom stereocenters. The van der Waals surface area contributed by atoms with Gasteiger partial charge in [0.25, 0.3) is 0 Å². The van der Waals surface area contributed by atoms with Crippen molar-refractivity contribution in [2.45, 2.75) is 45.6 Å². The minimum Gasteiger partial charge on any atom is -0.304 e. The van der Waals surface area contributed by atoms with E-state index < -0.39 is 0 Å². The van der Waals surface area contributed by atoms with E-state index in [9.17, 15) is 0 Å². The summed E-state index contributed by atoms with van der Waals surface area (Å²) in [7, 11) is 2.21. The highest BCUT2D eigenvalue weighted by Crippen LogP contribution is 2.35. The number of likely N-dealkylation sites (N-methyl/N-ethyl adjacent to an activating group) is 1. The summed E-state index contributed by atoms with van der Waals surface area (Å²) in [5.41, 5.74) is 4.25. The van der Waals surface area contributed by atoms with Gasteiger partial charge >= 0.3 is 0 Å². The van der Waals surface area contributed by atoms with E-state index in [1.807, 2.05) is 0 Å². The van der Waals surface area contributed by atoms with Crippen molar-refractivity contribution in [3.63, 3.8) is 0 Å². The third-order valence-corrected chi connectivity index (χ3v) is 4.35. The summed E-state index contributed by atoms with van der Waals surface area (Å²) in [5.74, 6) is 0. The van der Waals surface area contributed by atoms with Gasteiger partial charge in [0, 0.05) is 32.2 Å². The van der Waals surface area contributed by atoms with E-state index in [4.69, 9.17) is 0 Å². The molecule has 2 fully saturated rings. The summed E-state index contributed by atoms with van der Waals surface area (Å²) in [6, 6.07) is 0.685. The molecule has 1 N–H and O–H groups in total. The topological polar surface area (TPSA) is 18.5 Å². The monoisotopic (exact) mass is 225 g/mol. The van der Waals surface area contributed by atoms with Gasteiger partial charge in [0.05, 0.1) is 0 Å². The quantitative estimate of drug-likeness (QED) is 0.772. The van der Waals surface area contributed by atoms with Crippen molar-refractivity contribution in [2.24, 2.45) is 5.41 Å². The third-order valence-electron chi connectivity index (χ3n) is 4.35. The van der Waals surface area contributed by atoms with Crippen LogP contribution in [0.5, 0.6) is 0 Å². The molecule has 1 saturated heterocycles. The van der Waals surface area contributed by atoms with Crippen LogP contribution in [-0.4, -0.2) is 49.2 Å². The molecule has 16 heavy (non-hydrogen) atoms. The van der Waals surface area contributed by atoms with Gasteiger partial charge in [0.1, 0.15) is 0 Å². The van der Waals surface area contributed by atoms with E-state index >= 15 is 0 Å². The van der Waals surface area contributed by atoms with E-state index in [1.165, 1.54) is 51.9 Å². The molecule has 0 amide bonds. The Morgan fingerprint density at radius 3 is 2.38 bits per heavy atom. The minimum absolute atomic E-state index is 0.474. The number of nitrogens with zero attached hydrogens (tertiary/aromatic N) is 2. The lowest BCUT2D eigenvalue weighted by Crippen LogP contribution is -2.57. The number of nitrogens with one attached hydrogen (secondary N) is 1. The fourth-order valence-corrected chi connectivity index (χ4v) is 2.89. The number of hydrazine groups is 1. The Morgan fingerprint density at radius 1 is 1.06 bits per heavy atom. The van der Waals surface area contributed by atoms with E-state index in [1.54, 1.807) is 0 Å². The predicted molar refractivity (Wildman–Crippen MR) is 68.2 cm³/mol. The van der Waals surface area contributed by atoms with E-state index in [0.717, 1.165) is 0 Å². The van der Waals surface area contributed by atoms with E-state index in [0.29, 0.717) is 11.5 Å². The first kappa shape index (κ1) is 12.3. The standard InChI is InChI=1S/C13H27N3/c1-13(2)7-5-4-6-12(13)14-16-10-8-15(3)9-11-16/h12,14H,4-11H2,1-3H3. The van der Waals surface area contributed by atoms with Gasteiger partial charge in [-0.25, -0.2) is 5.01 Å². The molecular weight excluding hydrogens is 198 g/mol. The zero-order valence-corrected chi connectivity index (χ0v) is 11.1. The molecule has 1 heterocycles. The summed E-state index contributed by atoms with van der Waals surface area (Å²) in [6.45, 7) is 9.56. The maximum absolute atomic E-state index is 3.78. The van der Waals surface area contributed by atoms with Crippen LogP contribution in [0.4, 0.5) is 0 Å². The predicted octanol–water partition coefficient (Wildman–Crippen LogP) is 1.71. The van der Waals surface area contributed by atoms with Crippen LogP contribution >= 0.6 is 0 Å². The molecule has 1 aliphatic heterocycles. The lowest BCUT2D eigenvalue weighted by Gasteiger charge is -2.43. The van der Waals surface area contributed by atoms with Gasteiger partial charge in [-0.3, -0.25) is 5.43 Å². The Hall–Kier alpha value is -0.120. The summed E-state index contributed by atoms with van der Waals surface area (Å²) in [5, 5.41) is 2.44. The molecule has 0 aromatic rings. The molecule has 1 saturated carbocycles. The minimum atomic E-state index is 0.474. The zero-order valence-electron chi connectivity index (χ0n) is 11.1. The van der Waals surface area contributed by atoms with Crippen molar-refractivity contribution in [1.82, 2.24) is 15.3 Å². The average Bonchev–Trinajstić information content (AvgIpc) is 2.24. The summed E-state index contributed by atoms with van der Waals surface area (Å²) >= 11 is 0. The SMILES string of the molecule is CN1CCN(NC2CCCCC2(C)C)CC1. The second-order valence-corrected chi connectivity index (χ2v) is 6.21. The van der Waals surface area contributed by atoms with Crippen LogP contribution < -0.4 is 5.43 Å². The number of hydrogen-bond donors (Lipinski definition) is 1. The van der Waals surface area contributed by atoms with Gasteiger partial charge in [-0.2, -0.15) is 0 Å². The molecule has 0 aromatic heterocycles. The lowest BCUT2D eigenvalue weighted by molar-refractivity contribution is 0.0371. The van der Waals surface area contributed by atoms with Gasteiger partial charge in [-0.05, 0) is 25.3 Å². The summed E-state index contributed by atoms with van der Waals surface area (Å²) in [4.78, 5) is 2.41. The van der Waals surface area contributed by atoms with Crippen molar-refractivity contribution >= 4 is 0 Å². The van der Waals surface area contributed by atoms with E-state index in [-0.39, 0.29) is 0 Å². The Labute approximate surface area is 100 Å². The fraction of sp³-hybridized carbons (Fsp3) is 1.00. The van der Waals surface area contributed by atoms with Gasteiger partial charge in [0.15, 0.2) is 0 Å². The van der Waals surface area contributed by atoms with Crippen LogP contribution in [0.3, 0.4) is 0 Å². The van der Waals surface area contributed by atoms with Crippen LogP contribution in [0.25, 0.3) is 0 Å². The Balaban J connectivity index is 1.84. The Kier molecular flexibility index (Phi) is 3.88. The van der Waals surface area contributed by atoms with Crippen LogP contribution in [0.2, 0.25) is 0 Å². The van der Waals surface area contributed by atoms with Gasteiger partial charge in [-0.15, -0.1) is 0 Å². The molecular formula is C13H27N3. The Bertz CT molecular complexity index is 219. The maximum atomic E-state index is 3.78. The molecule has 0 radical (unpaired) electrons. The highest BCUT2D eigenvalue weighted by Gasteiger charge is 2.33. The molecule has 0 aromatic carbocycles. The first-order valence-corrected chi connectivity index (χ1v) is 6.77. The lowest BCUT2D eigenvalue weighted by atomic mass is 9.73. The van der Waals surface area contributed by atoms with Crippen LogP contribution in [-0.2, 0) is 0 Å². The fourth-order valence-electron chi connectivity index (χ4n) is 2.89. The highest BCUT2D eigenvalue weighted by atomic mass is 15.5. The summed E-state index contributed by atoms with van der Waals surface area (Å²) < 4.78 is 0. The molecule has 0 bridgehead atoms. The van der Waals surface area contributed by atoms with Crippen molar-refractivity contribution < 1.29 is 0 Å². The molecule has 3 nitrogen and oxygen atoms in total. The van der Waals surface area contributed by atoms with Crippen molar-refractivity contribution in [3.05, 3.63) is 0 Å². The summed E-state index contributed by atoms with van der Waals surface area (Å²) in [6.07, 6.45) is 5.53. The first-order chi connectivity index (χ1) is 7.58. The second kappa shape index (κ2) is 5.03. The molecule has 2 aliphatic rings. The van der Waals surface area contributed by atoms with Crippen molar-refractivity contribution in [2.75, 3.05) is 33.2 Å². The molecule has 3 heteroatoms. The normalized spacial score (nSPS) is 32.8. The van der Waals surface area contributed by atoms with Gasteiger partial charge < -0.3 is 4.90 Å². The highest BCUT2D eigenvalue weighted by molar-refractivity contribution is 4.87.